The van der Waals surface area contributed by atoms with Crippen LogP contribution >= 0.6 is 0 Å². The first-order valence-corrected chi connectivity index (χ1v) is 11.1. The van der Waals surface area contributed by atoms with Crippen LogP contribution in [-0.2, 0) is 15.4 Å². The van der Waals surface area contributed by atoms with E-state index < -0.39 is 15.4 Å². The molecule has 0 unspecified atom stereocenters. The number of nitrogens with zero attached hydrogens (tertiary/aromatic N) is 6. The fraction of sp³-hybridized carbons (Fsp3) is 0.333. The monoisotopic (exact) mass is 426 g/mol. The van der Waals surface area contributed by atoms with Crippen LogP contribution in [0.25, 0.3) is 0 Å². The zero-order valence-corrected chi connectivity index (χ0v) is 18.5. The normalized spacial score (nSPS) is 12.0. The lowest BCUT2D eigenvalue weighted by Crippen LogP contribution is -2.22. The van der Waals surface area contributed by atoms with Crippen LogP contribution in [0.3, 0.4) is 0 Å². The second kappa shape index (κ2) is 9.05. The zero-order chi connectivity index (χ0) is 22.5. The third-order valence-electron chi connectivity index (χ3n) is 4.14. The zero-order valence-electron chi connectivity index (χ0n) is 17.7. The highest BCUT2D eigenvalue weighted by Gasteiger charge is 2.30. The molecule has 0 spiro atoms. The summed E-state index contributed by atoms with van der Waals surface area (Å²) in [6.45, 7) is 14.4. The molecule has 1 aromatic heterocycles. The number of azo groups is 1. The largest absolute Gasteiger partial charge is 0.364 e. The Morgan fingerprint density at radius 3 is 2.17 bits per heavy atom. The van der Waals surface area contributed by atoms with Crippen molar-refractivity contribution >= 4 is 27.2 Å². The summed E-state index contributed by atoms with van der Waals surface area (Å²) in [6, 6.07) is 9.30. The van der Waals surface area contributed by atoms with Gasteiger partial charge in [0.05, 0.1) is 17.6 Å². The van der Waals surface area contributed by atoms with Crippen molar-refractivity contribution in [1.29, 1.82) is 5.26 Å². The summed E-state index contributed by atoms with van der Waals surface area (Å²) in [4.78, 5) is 2.07. The highest BCUT2D eigenvalue weighted by atomic mass is 32.2. The van der Waals surface area contributed by atoms with Gasteiger partial charge in [-0.25, -0.2) is 8.42 Å². The number of rotatable bonds is 8. The fourth-order valence-electron chi connectivity index (χ4n) is 2.77. The first-order chi connectivity index (χ1) is 14.0. The van der Waals surface area contributed by atoms with Crippen molar-refractivity contribution in [3.8, 4) is 6.07 Å². The average Bonchev–Trinajstić information content (AvgIpc) is 3.06. The minimum absolute atomic E-state index is 0.0939. The van der Waals surface area contributed by atoms with Crippen LogP contribution in [0.5, 0.6) is 0 Å². The first kappa shape index (κ1) is 23.0. The van der Waals surface area contributed by atoms with Crippen molar-refractivity contribution in [3.63, 3.8) is 0 Å². The Bertz CT molecular complexity index is 1090. The predicted octanol–water partition coefficient (Wildman–Crippen LogP) is 4.45. The molecule has 0 aliphatic heterocycles. The molecule has 8 nitrogen and oxygen atoms in total. The summed E-state index contributed by atoms with van der Waals surface area (Å²) >= 11 is 0. The van der Waals surface area contributed by atoms with Gasteiger partial charge in [-0.15, -0.1) is 27.5 Å². The van der Waals surface area contributed by atoms with Gasteiger partial charge >= 0.3 is 0 Å². The van der Waals surface area contributed by atoms with Gasteiger partial charge in [-0.3, -0.25) is 0 Å². The Balaban J connectivity index is 2.47. The van der Waals surface area contributed by atoms with Gasteiger partial charge in [-0.1, -0.05) is 32.9 Å². The van der Waals surface area contributed by atoms with Gasteiger partial charge in [-0.2, -0.15) is 10.4 Å². The number of nitriles is 1. The van der Waals surface area contributed by atoms with E-state index in [1.165, 1.54) is 0 Å². The summed E-state index contributed by atoms with van der Waals surface area (Å²) in [7, 11) is -3.77. The van der Waals surface area contributed by atoms with Crippen molar-refractivity contribution in [1.82, 2.24) is 9.19 Å². The Hall–Kier alpha value is -3.25. The SMILES string of the molecule is C=CCN(CC=C)c1ccc(N=Nc2c(C#N)c(C(C)(C)C)nn2S(C)(=O)=O)cc1. The Kier molecular flexibility index (Phi) is 6.95. The van der Waals surface area contributed by atoms with Crippen molar-refractivity contribution in [2.24, 2.45) is 10.2 Å². The third kappa shape index (κ3) is 5.21. The van der Waals surface area contributed by atoms with E-state index in [1.54, 1.807) is 24.3 Å². The van der Waals surface area contributed by atoms with E-state index >= 15 is 0 Å². The maximum atomic E-state index is 12.2. The lowest BCUT2D eigenvalue weighted by Gasteiger charge is -2.21. The molecule has 0 atom stereocenters. The molecule has 0 N–H and O–H groups in total. The second-order valence-electron chi connectivity index (χ2n) is 7.71. The molecule has 0 radical (unpaired) electrons. The summed E-state index contributed by atoms with van der Waals surface area (Å²) in [5.41, 5.74) is 1.38. The van der Waals surface area contributed by atoms with Crippen LogP contribution in [-0.4, -0.2) is 36.9 Å². The first-order valence-electron chi connectivity index (χ1n) is 9.25. The molecule has 0 fully saturated rings. The lowest BCUT2D eigenvalue weighted by molar-refractivity contribution is 0.553. The van der Waals surface area contributed by atoms with Gasteiger partial charge in [-0.05, 0) is 24.3 Å². The second-order valence-corrected chi connectivity index (χ2v) is 9.53. The molecule has 0 aliphatic rings. The van der Waals surface area contributed by atoms with E-state index in [0.717, 1.165) is 16.0 Å². The van der Waals surface area contributed by atoms with Crippen LogP contribution in [0.2, 0.25) is 0 Å². The van der Waals surface area contributed by atoms with E-state index in [9.17, 15) is 13.7 Å². The Morgan fingerprint density at radius 1 is 1.17 bits per heavy atom. The molecule has 0 amide bonds. The van der Waals surface area contributed by atoms with Gasteiger partial charge in [0.25, 0.3) is 10.0 Å². The third-order valence-corrected chi connectivity index (χ3v) is 5.03. The molecule has 0 aliphatic carbocycles. The highest BCUT2D eigenvalue weighted by molar-refractivity contribution is 7.89. The molecule has 2 aromatic rings. The fourth-order valence-corrected chi connectivity index (χ4v) is 3.44. The summed E-state index contributed by atoms with van der Waals surface area (Å²) in [5.74, 6) is -0.103. The number of aromatic nitrogens is 2. The van der Waals surface area contributed by atoms with E-state index in [4.69, 9.17) is 0 Å². The number of hydrogen-bond donors (Lipinski definition) is 0. The van der Waals surface area contributed by atoms with Crippen molar-refractivity contribution < 1.29 is 8.42 Å². The Labute approximate surface area is 177 Å². The van der Waals surface area contributed by atoms with Gasteiger partial charge in [0.1, 0.15) is 11.6 Å². The van der Waals surface area contributed by atoms with E-state index in [-0.39, 0.29) is 11.4 Å². The van der Waals surface area contributed by atoms with Crippen LogP contribution in [0, 0.1) is 11.3 Å². The van der Waals surface area contributed by atoms with E-state index in [2.05, 4.69) is 33.4 Å². The molecule has 0 saturated heterocycles. The summed E-state index contributed by atoms with van der Waals surface area (Å²) in [6.07, 6.45) is 4.62. The van der Waals surface area contributed by atoms with Gasteiger partial charge < -0.3 is 4.90 Å². The maximum absolute atomic E-state index is 12.2. The molecule has 1 heterocycles. The molecular weight excluding hydrogens is 400 g/mol. The number of hydrogen-bond acceptors (Lipinski definition) is 7. The van der Waals surface area contributed by atoms with Crippen molar-refractivity contribution in [2.75, 3.05) is 24.2 Å². The molecule has 158 valence electrons. The molecule has 1 aromatic carbocycles. The number of anilines is 1. The molecular formula is C21H26N6O2S. The van der Waals surface area contributed by atoms with Gasteiger partial charge in [0.2, 0.25) is 5.82 Å². The minimum atomic E-state index is -3.77. The topological polar surface area (TPSA) is 104 Å². The van der Waals surface area contributed by atoms with Gasteiger partial charge in [0.15, 0.2) is 0 Å². The van der Waals surface area contributed by atoms with Crippen LogP contribution in [0.4, 0.5) is 17.2 Å². The van der Waals surface area contributed by atoms with Gasteiger partial charge in [0, 0.05) is 24.2 Å². The minimum Gasteiger partial charge on any atom is -0.364 e. The summed E-state index contributed by atoms with van der Waals surface area (Å²) < 4.78 is 25.1. The van der Waals surface area contributed by atoms with Crippen molar-refractivity contribution in [2.45, 2.75) is 26.2 Å². The van der Waals surface area contributed by atoms with Crippen LogP contribution in [0.15, 0.2) is 59.8 Å². The molecule has 0 saturated carbocycles. The van der Waals surface area contributed by atoms with Crippen LogP contribution < -0.4 is 4.90 Å². The molecule has 2 rings (SSSR count). The number of benzene rings is 1. The summed E-state index contributed by atoms with van der Waals surface area (Å²) in [5, 5.41) is 22.0. The Morgan fingerprint density at radius 2 is 1.73 bits per heavy atom. The quantitative estimate of drug-likeness (QED) is 0.458. The lowest BCUT2D eigenvalue weighted by atomic mass is 9.90. The van der Waals surface area contributed by atoms with E-state index in [1.807, 2.05) is 39.0 Å². The van der Waals surface area contributed by atoms with Crippen LogP contribution in [0.1, 0.15) is 32.0 Å². The molecule has 30 heavy (non-hydrogen) atoms. The predicted molar refractivity (Wildman–Crippen MR) is 119 cm³/mol. The smallest absolute Gasteiger partial charge is 0.252 e. The van der Waals surface area contributed by atoms with E-state index in [0.29, 0.717) is 24.5 Å². The standard InChI is InChI=1S/C21H26N6O2S/c1-7-13-26(14-8-2)17-11-9-16(10-12-17)23-24-20-18(15-22)19(21(3,4)5)25-27(20)30(6,28)29/h7-12H,1-2,13-14H2,3-6H3. The van der Waals surface area contributed by atoms with Crippen molar-refractivity contribution in [3.05, 3.63) is 60.8 Å². The molecule has 0 bridgehead atoms. The highest BCUT2D eigenvalue weighted by Crippen LogP contribution is 2.33. The molecule has 9 heteroatoms. The maximum Gasteiger partial charge on any atom is 0.252 e. The average molecular weight is 427 g/mol.